The van der Waals surface area contributed by atoms with Crippen LogP contribution >= 0.6 is 0 Å². The molecule has 0 bridgehead atoms. The van der Waals surface area contributed by atoms with E-state index in [1.807, 2.05) is 37.3 Å². The van der Waals surface area contributed by atoms with Gasteiger partial charge in [0.1, 0.15) is 12.2 Å². The molecule has 1 N–H and O–H groups in total. The lowest BCUT2D eigenvalue weighted by atomic mass is 10.0. The molecule has 0 aromatic heterocycles. The summed E-state index contributed by atoms with van der Waals surface area (Å²) in [5, 5.41) is 9.92. The van der Waals surface area contributed by atoms with Gasteiger partial charge >= 0.3 is 0 Å². The maximum atomic E-state index is 9.92. The van der Waals surface area contributed by atoms with Gasteiger partial charge < -0.3 is 9.84 Å². The van der Waals surface area contributed by atoms with Crippen molar-refractivity contribution >= 4 is 0 Å². The predicted octanol–water partition coefficient (Wildman–Crippen LogP) is 2.31. The largest absolute Gasteiger partial charge is 0.385 e. The Hall–Kier alpha value is -1.12. The first-order valence-corrected chi connectivity index (χ1v) is 4.76. The number of rotatable bonds is 5. The molecule has 2 atom stereocenters. The van der Waals surface area contributed by atoms with Gasteiger partial charge in [0, 0.05) is 6.61 Å². The Morgan fingerprint density at radius 3 is 2.57 bits per heavy atom. The number of aliphatic hydroxyl groups excluding tert-OH is 1. The SMILES string of the molecule is C=C[C@@H](OCC)[C@H](O)c1ccccc1. The first-order valence-electron chi connectivity index (χ1n) is 4.76. The fourth-order valence-electron chi connectivity index (χ4n) is 1.32. The predicted molar refractivity (Wildman–Crippen MR) is 57.0 cm³/mol. The second kappa shape index (κ2) is 5.58. The highest BCUT2D eigenvalue weighted by Crippen LogP contribution is 2.19. The van der Waals surface area contributed by atoms with E-state index in [-0.39, 0.29) is 6.10 Å². The molecule has 76 valence electrons. The van der Waals surface area contributed by atoms with Crippen LogP contribution in [0, 0.1) is 0 Å². The summed E-state index contributed by atoms with van der Waals surface area (Å²) < 4.78 is 5.34. The van der Waals surface area contributed by atoms with Gasteiger partial charge in [0.05, 0.1) is 0 Å². The van der Waals surface area contributed by atoms with E-state index in [1.54, 1.807) is 6.08 Å². The van der Waals surface area contributed by atoms with Crippen molar-refractivity contribution in [2.75, 3.05) is 6.61 Å². The molecule has 0 unspecified atom stereocenters. The van der Waals surface area contributed by atoms with Crippen molar-refractivity contribution in [1.29, 1.82) is 0 Å². The van der Waals surface area contributed by atoms with E-state index in [0.29, 0.717) is 6.61 Å². The summed E-state index contributed by atoms with van der Waals surface area (Å²) in [6.45, 7) is 6.11. The van der Waals surface area contributed by atoms with Gasteiger partial charge in [0.25, 0.3) is 0 Å². The molecular weight excluding hydrogens is 176 g/mol. The van der Waals surface area contributed by atoms with Gasteiger partial charge in [-0.3, -0.25) is 0 Å². The van der Waals surface area contributed by atoms with Crippen molar-refractivity contribution in [2.24, 2.45) is 0 Å². The number of hydrogen-bond donors (Lipinski definition) is 1. The summed E-state index contributed by atoms with van der Waals surface area (Å²) in [4.78, 5) is 0. The number of hydrogen-bond acceptors (Lipinski definition) is 2. The minimum atomic E-state index is -0.631. The molecule has 2 heteroatoms. The van der Waals surface area contributed by atoms with E-state index in [4.69, 9.17) is 4.74 Å². The van der Waals surface area contributed by atoms with Crippen LogP contribution in [-0.4, -0.2) is 17.8 Å². The number of benzene rings is 1. The van der Waals surface area contributed by atoms with Crippen LogP contribution in [0.3, 0.4) is 0 Å². The van der Waals surface area contributed by atoms with E-state index >= 15 is 0 Å². The molecule has 2 nitrogen and oxygen atoms in total. The molecule has 0 heterocycles. The Morgan fingerprint density at radius 1 is 1.43 bits per heavy atom. The molecular formula is C12H16O2. The van der Waals surface area contributed by atoms with Crippen LogP contribution in [0.25, 0.3) is 0 Å². The Labute approximate surface area is 84.8 Å². The van der Waals surface area contributed by atoms with Crippen molar-refractivity contribution in [3.8, 4) is 0 Å². The summed E-state index contributed by atoms with van der Waals surface area (Å²) in [5.74, 6) is 0. The average molecular weight is 192 g/mol. The van der Waals surface area contributed by atoms with E-state index in [1.165, 1.54) is 0 Å². The van der Waals surface area contributed by atoms with Crippen LogP contribution in [0.4, 0.5) is 0 Å². The lowest BCUT2D eigenvalue weighted by Crippen LogP contribution is -2.19. The van der Waals surface area contributed by atoms with Gasteiger partial charge in [-0.05, 0) is 12.5 Å². The lowest BCUT2D eigenvalue weighted by molar-refractivity contribution is -0.00555. The third-order valence-electron chi connectivity index (χ3n) is 2.04. The topological polar surface area (TPSA) is 29.5 Å². The molecule has 0 saturated carbocycles. The second-order valence-electron chi connectivity index (χ2n) is 3.01. The van der Waals surface area contributed by atoms with Crippen molar-refractivity contribution in [2.45, 2.75) is 19.1 Å². The van der Waals surface area contributed by atoms with Crippen LogP contribution in [0.2, 0.25) is 0 Å². The fourth-order valence-corrected chi connectivity index (χ4v) is 1.32. The minimum Gasteiger partial charge on any atom is -0.385 e. The molecule has 14 heavy (non-hydrogen) atoms. The van der Waals surface area contributed by atoms with Crippen molar-refractivity contribution in [1.82, 2.24) is 0 Å². The Kier molecular flexibility index (Phi) is 4.36. The van der Waals surface area contributed by atoms with Gasteiger partial charge in [-0.1, -0.05) is 36.4 Å². The van der Waals surface area contributed by atoms with Crippen LogP contribution in [-0.2, 0) is 4.74 Å². The number of aliphatic hydroxyl groups is 1. The molecule has 1 aromatic carbocycles. The zero-order valence-electron chi connectivity index (χ0n) is 8.39. The zero-order valence-corrected chi connectivity index (χ0v) is 8.39. The van der Waals surface area contributed by atoms with Gasteiger partial charge in [0.2, 0.25) is 0 Å². The molecule has 0 amide bonds. The third-order valence-corrected chi connectivity index (χ3v) is 2.04. The van der Waals surface area contributed by atoms with E-state index in [0.717, 1.165) is 5.56 Å². The van der Waals surface area contributed by atoms with Crippen LogP contribution in [0.5, 0.6) is 0 Å². The molecule has 0 aliphatic heterocycles. The average Bonchev–Trinajstić information content (AvgIpc) is 2.26. The van der Waals surface area contributed by atoms with Crippen molar-refractivity contribution < 1.29 is 9.84 Å². The zero-order chi connectivity index (χ0) is 10.4. The molecule has 0 fully saturated rings. The summed E-state index contributed by atoms with van der Waals surface area (Å²) in [6, 6.07) is 9.45. The lowest BCUT2D eigenvalue weighted by Gasteiger charge is -2.19. The van der Waals surface area contributed by atoms with E-state index in [2.05, 4.69) is 6.58 Å². The normalized spacial score (nSPS) is 14.7. The molecule has 0 spiro atoms. The Morgan fingerprint density at radius 2 is 2.07 bits per heavy atom. The molecule has 0 saturated heterocycles. The molecule has 1 rings (SSSR count). The fraction of sp³-hybridized carbons (Fsp3) is 0.333. The standard InChI is InChI=1S/C12H16O2/c1-3-11(14-4-2)12(13)10-8-6-5-7-9-10/h3,5-9,11-13H,1,4H2,2H3/t11-,12-/m1/s1. The Balaban J connectivity index is 2.72. The highest BCUT2D eigenvalue weighted by Gasteiger charge is 2.17. The van der Waals surface area contributed by atoms with E-state index in [9.17, 15) is 5.11 Å². The van der Waals surface area contributed by atoms with Crippen LogP contribution in [0.15, 0.2) is 43.0 Å². The maximum absolute atomic E-state index is 9.92. The summed E-state index contributed by atoms with van der Waals surface area (Å²) in [5.41, 5.74) is 0.853. The molecule has 0 aliphatic carbocycles. The second-order valence-corrected chi connectivity index (χ2v) is 3.01. The first-order chi connectivity index (χ1) is 6.79. The molecule has 0 aliphatic rings. The van der Waals surface area contributed by atoms with Gasteiger partial charge in [-0.25, -0.2) is 0 Å². The van der Waals surface area contributed by atoms with E-state index < -0.39 is 6.10 Å². The third kappa shape index (κ3) is 2.69. The van der Waals surface area contributed by atoms with Crippen molar-refractivity contribution in [3.63, 3.8) is 0 Å². The highest BCUT2D eigenvalue weighted by molar-refractivity contribution is 5.19. The molecule has 1 aromatic rings. The quantitative estimate of drug-likeness (QED) is 0.725. The highest BCUT2D eigenvalue weighted by atomic mass is 16.5. The Bertz CT molecular complexity index is 269. The molecule has 0 radical (unpaired) electrons. The smallest absolute Gasteiger partial charge is 0.109 e. The van der Waals surface area contributed by atoms with Gasteiger partial charge in [0.15, 0.2) is 0 Å². The summed E-state index contributed by atoms with van der Waals surface area (Å²) in [7, 11) is 0. The van der Waals surface area contributed by atoms with Gasteiger partial charge in [-0.2, -0.15) is 0 Å². The summed E-state index contributed by atoms with van der Waals surface area (Å²) >= 11 is 0. The minimum absolute atomic E-state index is 0.331. The first kappa shape index (κ1) is 11.0. The van der Waals surface area contributed by atoms with Gasteiger partial charge in [-0.15, -0.1) is 6.58 Å². The monoisotopic (exact) mass is 192 g/mol. The number of ether oxygens (including phenoxy) is 1. The maximum Gasteiger partial charge on any atom is 0.109 e. The van der Waals surface area contributed by atoms with Crippen molar-refractivity contribution in [3.05, 3.63) is 48.6 Å². The summed E-state index contributed by atoms with van der Waals surface area (Å²) in [6.07, 6.45) is 0.664. The van der Waals surface area contributed by atoms with Crippen LogP contribution in [0.1, 0.15) is 18.6 Å². The van der Waals surface area contributed by atoms with Crippen LogP contribution < -0.4 is 0 Å².